The number of ketones is 1. The predicted molar refractivity (Wildman–Crippen MR) is 93.5 cm³/mol. The van der Waals surface area contributed by atoms with Crippen LogP contribution in [0.4, 0.5) is 0 Å². The molecule has 1 aromatic carbocycles. The molecular weight excluding hydrogens is 284 g/mol. The fourth-order valence-electron chi connectivity index (χ4n) is 2.71. The lowest BCUT2D eigenvalue weighted by Crippen LogP contribution is -2.00. The number of carbonyl (C=O) groups excluding carboxylic acids is 1. The van der Waals surface area contributed by atoms with Crippen LogP contribution in [0.2, 0.25) is 0 Å². The Morgan fingerprint density at radius 2 is 2.09 bits per heavy atom. The SMILES string of the molecule is CCc1cnccc1C(=O)/C=C/c1cc(C)c2ncccc2c1. The van der Waals surface area contributed by atoms with Gasteiger partial charge in [-0.3, -0.25) is 14.8 Å². The Hall–Kier alpha value is -2.81. The Balaban J connectivity index is 1.92. The van der Waals surface area contributed by atoms with E-state index < -0.39 is 0 Å². The summed E-state index contributed by atoms with van der Waals surface area (Å²) in [5.74, 6) is 0.00758. The minimum absolute atomic E-state index is 0.00758. The molecule has 3 rings (SSSR count). The number of hydrogen-bond acceptors (Lipinski definition) is 3. The zero-order valence-electron chi connectivity index (χ0n) is 13.3. The number of rotatable bonds is 4. The number of allylic oxidation sites excluding steroid dienone is 1. The maximum absolute atomic E-state index is 12.4. The van der Waals surface area contributed by atoms with E-state index in [4.69, 9.17) is 0 Å². The molecule has 0 radical (unpaired) electrons. The Morgan fingerprint density at radius 1 is 1.22 bits per heavy atom. The molecule has 2 aromatic heterocycles. The lowest BCUT2D eigenvalue weighted by Gasteiger charge is -2.04. The number of aryl methyl sites for hydroxylation is 2. The molecule has 3 nitrogen and oxygen atoms in total. The number of hydrogen-bond donors (Lipinski definition) is 0. The predicted octanol–water partition coefficient (Wildman–Crippen LogP) is 4.40. The first kappa shape index (κ1) is 15.1. The van der Waals surface area contributed by atoms with Gasteiger partial charge in [-0.2, -0.15) is 0 Å². The summed E-state index contributed by atoms with van der Waals surface area (Å²) >= 11 is 0. The van der Waals surface area contributed by atoms with E-state index in [9.17, 15) is 4.79 Å². The highest BCUT2D eigenvalue weighted by atomic mass is 16.1. The lowest BCUT2D eigenvalue weighted by molar-refractivity contribution is 0.104. The molecule has 0 saturated heterocycles. The molecule has 0 spiro atoms. The summed E-state index contributed by atoms with van der Waals surface area (Å²) in [6.45, 7) is 4.06. The maximum atomic E-state index is 12.4. The van der Waals surface area contributed by atoms with Crippen LogP contribution in [0.15, 0.2) is 55.0 Å². The van der Waals surface area contributed by atoms with Crippen LogP contribution in [0.1, 0.15) is 34.0 Å². The highest BCUT2D eigenvalue weighted by Gasteiger charge is 2.07. The molecule has 0 aliphatic heterocycles. The lowest BCUT2D eigenvalue weighted by atomic mass is 10.0. The van der Waals surface area contributed by atoms with Gasteiger partial charge in [-0.05, 0) is 60.4 Å². The van der Waals surface area contributed by atoms with Crippen molar-refractivity contribution in [1.82, 2.24) is 9.97 Å². The quantitative estimate of drug-likeness (QED) is 0.530. The first-order valence-corrected chi connectivity index (χ1v) is 7.69. The summed E-state index contributed by atoms with van der Waals surface area (Å²) < 4.78 is 0. The van der Waals surface area contributed by atoms with Crippen LogP contribution < -0.4 is 0 Å². The van der Waals surface area contributed by atoms with Crippen molar-refractivity contribution < 1.29 is 4.79 Å². The van der Waals surface area contributed by atoms with E-state index in [1.54, 1.807) is 30.7 Å². The monoisotopic (exact) mass is 302 g/mol. The number of fused-ring (bicyclic) bond motifs is 1. The first-order chi connectivity index (χ1) is 11.2. The van der Waals surface area contributed by atoms with Gasteiger partial charge in [-0.1, -0.05) is 19.1 Å². The van der Waals surface area contributed by atoms with Gasteiger partial charge < -0.3 is 0 Å². The molecule has 114 valence electrons. The van der Waals surface area contributed by atoms with Crippen LogP contribution in [0.25, 0.3) is 17.0 Å². The normalized spacial score (nSPS) is 11.2. The number of pyridine rings is 2. The number of nitrogens with zero attached hydrogens (tertiary/aromatic N) is 2. The summed E-state index contributed by atoms with van der Waals surface area (Å²) in [4.78, 5) is 20.9. The molecule has 0 aliphatic carbocycles. The van der Waals surface area contributed by atoms with Gasteiger partial charge in [0.05, 0.1) is 5.52 Å². The Labute approximate surface area is 135 Å². The second-order valence-electron chi connectivity index (χ2n) is 5.50. The fraction of sp³-hybridized carbons (Fsp3) is 0.150. The summed E-state index contributed by atoms with van der Waals surface area (Å²) in [6, 6.07) is 9.83. The molecule has 0 unspecified atom stereocenters. The third kappa shape index (κ3) is 3.19. The van der Waals surface area contributed by atoms with Crippen molar-refractivity contribution in [3.05, 3.63) is 77.3 Å². The van der Waals surface area contributed by atoms with Crippen LogP contribution in [-0.4, -0.2) is 15.8 Å². The number of carbonyl (C=O) groups is 1. The standard InChI is InChI=1S/C20H18N2O/c1-3-16-13-21-10-8-18(16)19(23)7-6-15-11-14(2)20-17(12-15)5-4-9-22-20/h4-13H,3H2,1-2H3/b7-6+. The largest absolute Gasteiger partial charge is 0.289 e. The van der Waals surface area contributed by atoms with Crippen LogP contribution in [-0.2, 0) is 6.42 Å². The zero-order chi connectivity index (χ0) is 16.2. The van der Waals surface area contributed by atoms with Crippen molar-refractivity contribution in [2.24, 2.45) is 0 Å². The summed E-state index contributed by atoms with van der Waals surface area (Å²) in [5, 5.41) is 1.08. The highest BCUT2D eigenvalue weighted by molar-refractivity contribution is 6.07. The van der Waals surface area contributed by atoms with E-state index in [-0.39, 0.29) is 5.78 Å². The Morgan fingerprint density at radius 3 is 2.91 bits per heavy atom. The van der Waals surface area contributed by atoms with Crippen LogP contribution in [0, 0.1) is 6.92 Å². The smallest absolute Gasteiger partial charge is 0.186 e. The van der Waals surface area contributed by atoms with Crippen LogP contribution >= 0.6 is 0 Å². The Kier molecular flexibility index (Phi) is 4.29. The van der Waals surface area contributed by atoms with Gasteiger partial charge in [-0.25, -0.2) is 0 Å². The molecule has 0 atom stereocenters. The topological polar surface area (TPSA) is 42.9 Å². The van der Waals surface area contributed by atoms with Gasteiger partial charge in [0.1, 0.15) is 0 Å². The molecule has 23 heavy (non-hydrogen) atoms. The van der Waals surface area contributed by atoms with Gasteiger partial charge in [-0.15, -0.1) is 0 Å². The highest BCUT2D eigenvalue weighted by Crippen LogP contribution is 2.19. The molecule has 3 heteroatoms. The minimum atomic E-state index is 0.00758. The fourth-order valence-corrected chi connectivity index (χ4v) is 2.71. The molecule has 0 bridgehead atoms. The van der Waals surface area contributed by atoms with Gasteiger partial charge in [0, 0.05) is 29.5 Å². The van der Waals surface area contributed by atoms with Gasteiger partial charge in [0.15, 0.2) is 5.78 Å². The van der Waals surface area contributed by atoms with Crippen molar-refractivity contribution in [3.63, 3.8) is 0 Å². The second-order valence-corrected chi connectivity index (χ2v) is 5.50. The molecule has 0 N–H and O–H groups in total. The average Bonchev–Trinajstić information content (AvgIpc) is 2.59. The molecule has 0 amide bonds. The summed E-state index contributed by atoms with van der Waals surface area (Å²) in [6.07, 6.45) is 9.50. The molecule has 3 aromatic rings. The van der Waals surface area contributed by atoms with Crippen LogP contribution in [0.5, 0.6) is 0 Å². The first-order valence-electron chi connectivity index (χ1n) is 7.69. The van der Waals surface area contributed by atoms with E-state index in [0.29, 0.717) is 0 Å². The van der Waals surface area contributed by atoms with Crippen LogP contribution in [0.3, 0.4) is 0 Å². The van der Waals surface area contributed by atoms with Crippen molar-refractivity contribution in [3.8, 4) is 0 Å². The summed E-state index contributed by atoms with van der Waals surface area (Å²) in [5.41, 5.74) is 4.80. The van der Waals surface area contributed by atoms with Crippen molar-refractivity contribution in [2.75, 3.05) is 0 Å². The number of benzene rings is 1. The minimum Gasteiger partial charge on any atom is -0.289 e. The van der Waals surface area contributed by atoms with E-state index in [1.165, 1.54) is 0 Å². The second kappa shape index (κ2) is 6.53. The van der Waals surface area contributed by atoms with Crippen molar-refractivity contribution in [1.29, 1.82) is 0 Å². The van der Waals surface area contributed by atoms with Crippen molar-refractivity contribution in [2.45, 2.75) is 20.3 Å². The van der Waals surface area contributed by atoms with E-state index in [0.717, 1.165) is 39.6 Å². The molecule has 2 heterocycles. The van der Waals surface area contributed by atoms with E-state index in [2.05, 4.69) is 9.97 Å². The third-order valence-corrected chi connectivity index (χ3v) is 3.89. The third-order valence-electron chi connectivity index (χ3n) is 3.89. The number of aromatic nitrogens is 2. The van der Waals surface area contributed by atoms with E-state index in [1.807, 2.05) is 44.2 Å². The summed E-state index contributed by atoms with van der Waals surface area (Å²) in [7, 11) is 0. The van der Waals surface area contributed by atoms with E-state index >= 15 is 0 Å². The maximum Gasteiger partial charge on any atom is 0.186 e. The Bertz CT molecular complexity index is 897. The molecule has 0 saturated carbocycles. The zero-order valence-corrected chi connectivity index (χ0v) is 13.3. The molecule has 0 fully saturated rings. The molecule has 0 aliphatic rings. The van der Waals surface area contributed by atoms with Gasteiger partial charge >= 0.3 is 0 Å². The van der Waals surface area contributed by atoms with Gasteiger partial charge in [0.25, 0.3) is 0 Å². The van der Waals surface area contributed by atoms with Crippen molar-refractivity contribution >= 4 is 22.8 Å². The van der Waals surface area contributed by atoms with Gasteiger partial charge in [0.2, 0.25) is 0 Å². The molecular formula is C20H18N2O. The average molecular weight is 302 g/mol.